The Bertz CT molecular complexity index is 980. The number of aromatic nitrogens is 1. The monoisotopic (exact) mass is 451 g/mol. The molecule has 2 heterocycles. The second-order valence-electron chi connectivity index (χ2n) is 8.54. The van der Waals surface area contributed by atoms with Gasteiger partial charge in [-0.15, -0.1) is 0 Å². The van der Waals surface area contributed by atoms with Gasteiger partial charge in [-0.05, 0) is 61.6 Å². The fraction of sp³-hybridized carbons (Fsp3) is 0.423. The molecule has 6 heteroatoms. The molecule has 2 amide bonds. The van der Waals surface area contributed by atoms with E-state index in [1.54, 1.807) is 29.4 Å². The van der Waals surface area contributed by atoms with E-state index < -0.39 is 0 Å². The van der Waals surface area contributed by atoms with Crippen LogP contribution in [0.3, 0.4) is 0 Å². The summed E-state index contributed by atoms with van der Waals surface area (Å²) in [6, 6.07) is 11.2. The zero-order valence-corrected chi connectivity index (χ0v) is 19.4. The first-order valence-corrected chi connectivity index (χ1v) is 12.0. The normalized spacial score (nSPS) is 17.8. The summed E-state index contributed by atoms with van der Waals surface area (Å²) in [7, 11) is 0. The lowest BCUT2D eigenvalue weighted by Gasteiger charge is -2.28. The SMILES string of the molecule is CCN(CCc1ccncc1)C1=C(c2ccc(Cl)cc2)C(=O)N(C2CCCCCC2)C1=O. The molecule has 0 atom stereocenters. The van der Waals surface area contributed by atoms with Crippen molar-refractivity contribution in [2.45, 2.75) is 57.9 Å². The van der Waals surface area contributed by atoms with Gasteiger partial charge in [0.25, 0.3) is 11.8 Å². The minimum Gasteiger partial charge on any atom is -0.366 e. The molecular weight excluding hydrogens is 422 g/mol. The molecule has 0 spiro atoms. The van der Waals surface area contributed by atoms with Crippen LogP contribution in [-0.4, -0.2) is 45.7 Å². The topological polar surface area (TPSA) is 53.5 Å². The van der Waals surface area contributed by atoms with Crippen molar-refractivity contribution in [3.63, 3.8) is 0 Å². The summed E-state index contributed by atoms with van der Waals surface area (Å²) in [4.78, 5) is 35.1. The fourth-order valence-electron chi connectivity index (χ4n) is 4.79. The second-order valence-corrected chi connectivity index (χ2v) is 8.98. The van der Waals surface area contributed by atoms with Crippen LogP contribution in [0.25, 0.3) is 5.57 Å². The fourth-order valence-corrected chi connectivity index (χ4v) is 4.92. The van der Waals surface area contributed by atoms with Crippen molar-refractivity contribution >= 4 is 29.0 Å². The molecule has 4 rings (SSSR count). The van der Waals surface area contributed by atoms with Crippen LogP contribution >= 0.6 is 11.6 Å². The number of hydrogen-bond acceptors (Lipinski definition) is 4. The number of pyridine rings is 1. The first kappa shape index (κ1) is 22.5. The van der Waals surface area contributed by atoms with Crippen LogP contribution in [0.1, 0.15) is 56.6 Å². The quantitative estimate of drug-likeness (QED) is 0.434. The Labute approximate surface area is 195 Å². The highest BCUT2D eigenvalue weighted by atomic mass is 35.5. The van der Waals surface area contributed by atoms with E-state index in [1.807, 2.05) is 31.2 Å². The molecule has 168 valence electrons. The van der Waals surface area contributed by atoms with Crippen molar-refractivity contribution in [1.29, 1.82) is 0 Å². The average molecular weight is 452 g/mol. The molecule has 1 aliphatic carbocycles. The molecule has 2 aliphatic rings. The van der Waals surface area contributed by atoms with Gasteiger partial charge in [0.2, 0.25) is 0 Å². The Hall–Kier alpha value is -2.66. The summed E-state index contributed by atoms with van der Waals surface area (Å²) < 4.78 is 0. The summed E-state index contributed by atoms with van der Waals surface area (Å²) in [5.41, 5.74) is 2.94. The van der Waals surface area contributed by atoms with Crippen molar-refractivity contribution in [1.82, 2.24) is 14.8 Å². The zero-order valence-electron chi connectivity index (χ0n) is 18.6. The zero-order chi connectivity index (χ0) is 22.5. The van der Waals surface area contributed by atoms with Crippen LogP contribution in [0.4, 0.5) is 0 Å². The number of carbonyl (C=O) groups excluding carboxylic acids is 2. The van der Waals surface area contributed by atoms with Crippen LogP contribution in [0.2, 0.25) is 5.02 Å². The molecule has 1 saturated carbocycles. The molecule has 0 unspecified atom stereocenters. The first-order chi connectivity index (χ1) is 15.6. The van der Waals surface area contributed by atoms with Crippen LogP contribution in [-0.2, 0) is 16.0 Å². The molecule has 0 saturated heterocycles. The summed E-state index contributed by atoms with van der Waals surface area (Å²) >= 11 is 6.10. The number of imide groups is 1. The molecule has 1 aromatic heterocycles. The Morgan fingerprint density at radius 3 is 2.25 bits per heavy atom. The van der Waals surface area contributed by atoms with E-state index >= 15 is 0 Å². The lowest BCUT2D eigenvalue weighted by atomic mass is 10.0. The van der Waals surface area contributed by atoms with E-state index in [1.165, 1.54) is 12.8 Å². The van der Waals surface area contributed by atoms with Crippen molar-refractivity contribution in [3.05, 3.63) is 70.6 Å². The second kappa shape index (κ2) is 10.3. The number of rotatable bonds is 7. The van der Waals surface area contributed by atoms with Crippen LogP contribution < -0.4 is 0 Å². The van der Waals surface area contributed by atoms with E-state index in [-0.39, 0.29) is 17.9 Å². The van der Waals surface area contributed by atoms with Crippen LogP contribution in [0, 0.1) is 0 Å². The van der Waals surface area contributed by atoms with Gasteiger partial charge in [0.05, 0.1) is 5.57 Å². The number of likely N-dealkylation sites (N-methyl/N-ethyl adjacent to an activating group) is 1. The minimum absolute atomic E-state index is 0.0174. The highest BCUT2D eigenvalue weighted by Gasteiger charge is 2.44. The molecule has 2 aromatic rings. The third-order valence-electron chi connectivity index (χ3n) is 6.53. The molecule has 1 aliphatic heterocycles. The largest absolute Gasteiger partial charge is 0.366 e. The highest BCUT2D eigenvalue weighted by molar-refractivity contribution is 6.36. The summed E-state index contributed by atoms with van der Waals surface area (Å²) in [5, 5.41) is 0.610. The van der Waals surface area contributed by atoms with Crippen molar-refractivity contribution < 1.29 is 9.59 Å². The van der Waals surface area contributed by atoms with Gasteiger partial charge in [-0.2, -0.15) is 0 Å². The van der Waals surface area contributed by atoms with E-state index in [9.17, 15) is 9.59 Å². The van der Waals surface area contributed by atoms with Gasteiger partial charge in [0.1, 0.15) is 5.70 Å². The van der Waals surface area contributed by atoms with E-state index in [0.29, 0.717) is 29.4 Å². The maximum atomic E-state index is 13.8. The predicted molar refractivity (Wildman–Crippen MR) is 127 cm³/mol. The van der Waals surface area contributed by atoms with Gasteiger partial charge in [0.15, 0.2) is 0 Å². The summed E-state index contributed by atoms with van der Waals surface area (Å²) in [6.45, 7) is 3.34. The molecule has 0 radical (unpaired) electrons. The van der Waals surface area contributed by atoms with Crippen molar-refractivity contribution in [2.75, 3.05) is 13.1 Å². The Balaban J connectivity index is 1.69. The maximum absolute atomic E-state index is 13.8. The van der Waals surface area contributed by atoms with Gasteiger partial charge in [-0.1, -0.05) is 49.4 Å². The van der Waals surface area contributed by atoms with E-state index in [0.717, 1.165) is 43.2 Å². The van der Waals surface area contributed by atoms with Gasteiger partial charge < -0.3 is 4.90 Å². The predicted octanol–water partition coefficient (Wildman–Crippen LogP) is 5.10. The van der Waals surface area contributed by atoms with Crippen molar-refractivity contribution in [2.24, 2.45) is 0 Å². The van der Waals surface area contributed by atoms with Crippen LogP contribution in [0.5, 0.6) is 0 Å². The Morgan fingerprint density at radius 2 is 1.62 bits per heavy atom. The molecule has 0 bridgehead atoms. The number of halogens is 1. The molecule has 5 nitrogen and oxygen atoms in total. The molecule has 0 N–H and O–H groups in total. The lowest BCUT2D eigenvalue weighted by molar-refractivity contribution is -0.140. The number of carbonyl (C=O) groups is 2. The van der Waals surface area contributed by atoms with E-state index in [4.69, 9.17) is 11.6 Å². The lowest BCUT2D eigenvalue weighted by Crippen LogP contribution is -2.42. The number of amides is 2. The van der Waals surface area contributed by atoms with Gasteiger partial charge in [0, 0.05) is 36.5 Å². The highest BCUT2D eigenvalue weighted by Crippen LogP contribution is 2.36. The van der Waals surface area contributed by atoms with E-state index in [2.05, 4.69) is 9.88 Å². The molecule has 1 fully saturated rings. The molecule has 32 heavy (non-hydrogen) atoms. The van der Waals surface area contributed by atoms with Gasteiger partial charge in [-0.3, -0.25) is 19.5 Å². The minimum atomic E-state index is -0.165. The summed E-state index contributed by atoms with van der Waals surface area (Å²) in [5.74, 6) is -0.315. The smallest absolute Gasteiger partial charge is 0.278 e. The average Bonchev–Trinajstić information content (AvgIpc) is 2.97. The third-order valence-corrected chi connectivity index (χ3v) is 6.78. The molecular formula is C26H30ClN3O2. The van der Waals surface area contributed by atoms with Gasteiger partial charge in [-0.25, -0.2) is 0 Å². The van der Waals surface area contributed by atoms with Crippen molar-refractivity contribution in [3.8, 4) is 0 Å². The maximum Gasteiger partial charge on any atom is 0.278 e. The Morgan fingerprint density at radius 1 is 0.969 bits per heavy atom. The van der Waals surface area contributed by atoms with Gasteiger partial charge >= 0.3 is 0 Å². The first-order valence-electron chi connectivity index (χ1n) is 11.6. The number of nitrogens with zero attached hydrogens (tertiary/aromatic N) is 3. The number of hydrogen-bond donors (Lipinski definition) is 0. The number of benzene rings is 1. The van der Waals surface area contributed by atoms with Crippen LogP contribution in [0.15, 0.2) is 54.5 Å². The summed E-state index contributed by atoms with van der Waals surface area (Å²) in [6.07, 6.45) is 10.6. The Kier molecular flexibility index (Phi) is 7.26. The molecule has 1 aromatic carbocycles. The standard InChI is InChI=1S/C26H30ClN3O2/c1-2-29(18-15-19-13-16-28-17-14-19)24-23(20-9-11-21(27)12-10-20)25(31)30(26(24)32)22-7-5-3-4-6-8-22/h9-14,16-17,22H,2-8,15,18H2,1H3. The third kappa shape index (κ3) is 4.73.